The molecule has 0 aliphatic carbocycles. The van der Waals surface area contributed by atoms with Crippen LogP contribution in [0.15, 0.2) is 0 Å². The molecule has 0 saturated carbocycles. The molecule has 0 aliphatic heterocycles. The van der Waals surface area contributed by atoms with Crippen molar-refractivity contribution in [3.63, 3.8) is 0 Å². The predicted octanol–water partition coefficient (Wildman–Crippen LogP) is 3.54. The highest BCUT2D eigenvalue weighted by Gasteiger charge is 1.92. The lowest BCUT2D eigenvalue weighted by atomic mass is 10.1. The van der Waals surface area contributed by atoms with E-state index >= 15 is 0 Å². The van der Waals surface area contributed by atoms with Crippen molar-refractivity contribution in [2.75, 3.05) is 0 Å². The average molecular weight is 241 g/mol. The first kappa shape index (κ1) is 14.7. The van der Waals surface area contributed by atoms with Crippen LogP contribution in [0.4, 0.5) is 0 Å². The van der Waals surface area contributed by atoms with Crippen LogP contribution >= 0.6 is 0 Å². The van der Waals surface area contributed by atoms with Gasteiger partial charge in [-0.1, -0.05) is 70.9 Å². The molecule has 0 aromatic heterocycles. The topological polar surface area (TPSA) is 0 Å². The molecule has 0 N–H and O–H groups in total. The fourth-order valence-electron chi connectivity index (χ4n) is 1.50. The van der Waals surface area contributed by atoms with Crippen LogP contribution in [-0.4, -0.2) is 26.6 Å². The van der Waals surface area contributed by atoms with E-state index in [4.69, 9.17) is 0 Å². The van der Waals surface area contributed by atoms with Crippen LogP contribution < -0.4 is 0 Å². The van der Waals surface area contributed by atoms with Gasteiger partial charge >= 0.3 is 0 Å². The maximum atomic E-state index is 2.33. The first-order valence-corrected chi connectivity index (χ1v) is 11.8. The molecule has 0 aromatic rings. The van der Waals surface area contributed by atoms with E-state index in [0.29, 0.717) is 0 Å². The number of unbranched alkanes of at least 4 members (excludes halogenated alkanes) is 7. The Bertz CT molecular complexity index is 84.5. The molecule has 0 rings (SSSR count). The number of rotatable bonds is 11. The highest BCUT2D eigenvalue weighted by molar-refractivity contribution is 7.29. The predicted molar refractivity (Wildman–Crippen MR) is 70.5 cm³/mol. The van der Waals surface area contributed by atoms with Gasteiger partial charge in [-0.15, -0.1) is 0 Å². The van der Waals surface area contributed by atoms with Crippen molar-refractivity contribution in [1.82, 2.24) is 0 Å². The third-order valence-corrected chi connectivity index (χ3v) is 9.27. The first-order valence-electron chi connectivity index (χ1n) is 6.06. The van der Waals surface area contributed by atoms with Crippen molar-refractivity contribution >= 4 is 26.6 Å². The summed E-state index contributed by atoms with van der Waals surface area (Å²) in [5.74, 6) is 0. The summed E-state index contributed by atoms with van der Waals surface area (Å²) in [6.07, 6.45) is 11.7. The first-order chi connectivity index (χ1) is 6.91. The lowest BCUT2D eigenvalue weighted by Crippen LogP contribution is -2.08. The molecule has 0 spiro atoms. The van der Waals surface area contributed by atoms with E-state index in [1.165, 1.54) is 84.0 Å². The van der Waals surface area contributed by atoms with Gasteiger partial charge in [-0.2, -0.15) is 0 Å². The van der Waals surface area contributed by atoms with Gasteiger partial charge in [-0.05, 0) is 0 Å². The molecule has 0 saturated heterocycles. The Labute approximate surface area is 97.7 Å². The molecule has 0 heterocycles. The Hall–Kier alpha value is 0.651. The fourth-order valence-corrected chi connectivity index (χ4v) is 6.38. The van der Waals surface area contributed by atoms with Gasteiger partial charge in [0.05, 0.1) is 0 Å². The third-order valence-electron chi connectivity index (χ3n) is 2.37. The summed E-state index contributed by atoms with van der Waals surface area (Å²) in [4.78, 5) is 0. The summed E-state index contributed by atoms with van der Waals surface area (Å²) >= 11 is 0. The van der Waals surface area contributed by atoms with Crippen molar-refractivity contribution in [2.45, 2.75) is 70.9 Å². The molecule has 0 nitrogen and oxygen atoms in total. The lowest BCUT2D eigenvalue weighted by molar-refractivity contribution is 0.585. The molecule has 6 radical (unpaired) electrons. The zero-order valence-electron chi connectivity index (χ0n) is 9.86. The minimum atomic E-state index is 1.21. The number of hydrogen-bond donors (Lipinski definition) is 0. The molecule has 0 fully saturated rings. The molecular weight excluding hydrogens is 216 g/mol. The van der Waals surface area contributed by atoms with E-state index in [9.17, 15) is 0 Å². The molecule has 0 aromatic carbocycles. The van der Waals surface area contributed by atoms with Crippen LogP contribution in [0.2, 0.25) is 12.6 Å². The van der Waals surface area contributed by atoms with Gasteiger partial charge in [0.15, 0.2) is 0 Å². The summed E-state index contributed by atoms with van der Waals surface area (Å²) in [5.41, 5.74) is 0. The normalized spacial score (nSPS) is 10.7. The van der Waals surface area contributed by atoms with E-state index in [2.05, 4.69) is 13.5 Å². The minimum absolute atomic E-state index is 1.21. The maximum Gasteiger partial charge on any atom is 0.0183 e. The van der Waals surface area contributed by atoms with Gasteiger partial charge in [0.1, 0.15) is 0 Å². The molecular formula is C11H24Si3. The largest absolute Gasteiger partial charge is 0.0761 e. The van der Waals surface area contributed by atoms with E-state index in [1.54, 1.807) is 0 Å². The second kappa shape index (κ2) is 13.7. The maximum absolute atomic E-state index is 2.33. The van der Waals surface area contributed by atoms with Gasteiger partial charge in [-0.25, -0.2) is 0 Å². The van der Waals surface area contributed by atoms with Crippen molar-refractivity contribution in [2.24, 2.45) is 0 Å². The molecule has 0 bridgehead atoms. The average Bonchev–Trinajstić information content (AvgIpc) is 2.21. The zero-order chi connectivity index (χ0) is 10.5. The van der Waals surface area contributed by atoms with Gasteiger partial charge < -0.3 is 0 Å². The quantitative estimate of drug-likeness (QED) is 0.383. The van der Waals surface area contributed by atoms with Gasteiger partial charge in [-0.3, -0.25) is 0 Å². The van der Waals surface area contributed by atoms with Gasteiger partial charge in [0, 0.05) is 26.6 Å². The van der Waals surface area contributed by atoms with Crippen LogP contribution in [0.25, 0.3) is 0 Å². The lowest BCUT2D eigenvalue weighted by Gasteiger charge is -2.00. The Kier molecular flexibility index (Phi) is 14.3. The molecule has 0 unspecified atom stereocenters. The van der Waals surface area contributed by atoms with Crippen molar-refractivity contribution < 1.29 is 0 Å². The highest BCUT2D eigenvalue weighted by atomic mass is 29.5. The highest BCUT2D eigenvalue weighted by Crippen LogP contribution is 2.09. The molecule has 14 heavy (non-hydrogen) atoms. The van der Waals surface area contributed by atoms with E-state index in [1.807, 2.05) is 0 Å². The number of hydrogen-bond acceptors (Lipinski definition) is 0. The summed E-state index contributed by atoms with van der Waals surface area (Å²) < 4.78 is 0. The van der Waals surface area contributed by atoms with E-state index in [0.717, 1.165) is 0 Å². The fraction of sp³-hybridized carbons (Fsp3) is 1.00. The zero-order valence-corrected chi connectivity index (χ0v) is 12.9. The summed E-state index contributed by atoms with van der Waals surface area (Å²) in [7, 11) is 3.78. The van der Waals surface area contributed by atoms with Gasteiger partial charge in [0.2, 0.25) is 0 Å². The molecule has 0 amide bonds. The van der Waals surface area contributed by atoms with Crippen LogP contribution in [0.1, 0.15) is 58.3 Å². The summed E-state index contributed by atoms with van der Waals surface area (Å²) in [6.45, 7) is 4.62. The van der Waals surface area contributed by atoms with E-state index < -0.39 is 0 Å². The van der Waals surface area contributed by atoms with Crippen LogP contribution in [-0.2, 0) is 0 Å². The van der Waals surface area contributed by atoms with E-state index in [-0.39, 0.29) is 0 Å². The molecule has 0 atom stereocenters. The third kappa shape index (κ3) is 12.7. The Morgan fingerprint density at radius 1 is 0.786 bits per heavy atom. The van der Waals surface area contributed by atoms with Crippen molar-refractivity contribution in [3.8, 4) is 0 Å². The monoisotopic (exact) mass is 240 g/mol. The van der Waals surface area contributed by atoms with Crippen molar-refractivity contribution in [1.29, 1.82) is 0 Å². The Morgan fingerprint density at radius 2 is 1.36 bits per heavy atom. The van der Waals surface area contributed by atoms with Gasteiger partial charge in [0.25, 0.3) is 0 Å². The van der Waals surface area contributed by atoms with Crippen LogP contribution in [0.5, 0.6) is 0 Å². The Morgan fingerprint density at radius 3 is 1.93 bits per heavy atom. The summed E-state index contributed by atoms with van der Waals surface area (Å²) in [6, 6.07) is 1.52. The van der Waals surface area contributed by atoms with Crippen LogP contribution in [0.3, 0.4) is 0 Å². The second-order valence-electron chi connectivity index (χ2n) is 3.78. The minimum Gasteiger partial charge on any atom is -0.0761 e. The smallest absolute Gasteiger partial charge is 0.0183 e. The Balaban J connectivity index is 2.78. The van der Waals surface area contributed by atoms with Crippen molar-refractivity contribution in [3.05, 3.63) is 0 Å². The second-order valence-corrected chi connectivity index (χ2v) is 10.9. The summed E-state index contributed by atoms with van der Waals surface area (Å²) in [5, 5.41) is 0. The SMILES string of the molecule is CCCCCCCCCC[Si][Si][Si]C. The standard InChI is InChI=1S/C11H24Si3/c1-3-4-5-6-7-8-9-10-11-13-14-12-2/h3-11H2,1-2H3. The molecule has 0 aliphatic rings. The molecule has 80 valence electrons. The molecule has 3 heteroatoms. The van der Waals surface area contributed by atoms with Crippen LogP contribution in [0, 0.1) is 0 Å².